The monoisotopic (exact) mass is 271 g/mol. The number of carbonyl (C=O) groups is 1. The molecule has 0 heterocycles. The van der Waals surface area contributed by atoms with Crippen molar-refractivity contribution in [2.75, 3.05) is 39.4 Å². The number of nitrogens with one attached hydrogen (secondary N) is 1. The zero-order valence-corrected chi connectivity index (χ0v) is 12.4. The molecular weight excluding hydrogens is 242 g/mol. The van der Waals surface area contributed by atoms with Crippen LogP contribution in [0, 0.1) is 5.41 Å². The molecule has 19 heavy (non-hydrogen) atoms. The highest BCUT2D eigenvalue weighted by Crippen LogP contribution is 2.00. The number of unbranched alkanes of at least 4 members (excludes halogenated alkanes) is 1. The van der Waals surface area contributed by atoms with Crippen LogP contribution in [0.2, 0.25) is 0 Å². The van der Waals surface area contributed by atoms with Crippen molar-refractivity contribution in [1.29, 1.82) is 5.41 Å². The van der Waals surface area contributed by atoms with E-state index < -0.39 is 0 Å². The van der Waals surface area contributed by atoms with Crippen LogP contribution in [0.1, 0.15) is 39.5 Å². The molecule has 0 bridgehead atoms. The maximum Gasteiger partial charge on any atom is 0.177 e. The summed E-state index contributed by atoms with van der Waals surface area (Å²) in [5.74, 6) is -0.0547. The highest BCUT2D eigenvalue weighted by molar-refractivity contribution is 6.37. The van der Waals surface area contributed by atoms with Crippen LogP contribution < -0.4 is 5.73 Å². The number of rotatable bonds is 13. The predicted molar refractivity (Wildman–Crippen MR) is 78.9 cm³/mol. The summed E-state index contributed by atoms with van der Waals surface area (Å²) in [6, 6.07) is 0. The lowest BCUT2D eigenvalue weighted by atomic mass is 10.2. The standard InChI is InChI=1S/C14H29N3O2/c1-3-4-8-17(9-5-11-19-12-7-15)10-6-14(18)13(2)16/h16H,3-12,15H2,1-2H3. The highest BCUT2D eigenvalue weighted by atomic mass is 16.5. The number of hydrogen-bond donors (Lipinski definition) is 2. The molecule has 0 aliphatic rings. The van der Waals surface area contributed by atoms with E-state index in [0.717, 1.165) is 45.5 Å². The second-order valence-electron chi connectivity index (χ2n) is 4.75. The average molecular weight is 271 g/mol. The van der Waals surface area contributed by atoms with Crippen LogP contribution in [0.15, 0.2) is 0 Å². The molecule has 5 heteroatoms. The van der Waals surface area contributed by atoms with Crippen molar-refractivity contribution in [1.82, 2.24) is 4.90 Å². The van der Waals surface area contributed by atoms with E-state index in [-0.39, 0.29) is 11.5 Å². The zero-order valence-electron chi connectivity index (χ0n) is 12.4. The van der Waals surface area contributed by atoms with Crippen molar-refractivity contribution in [3.63, 3.8) is 0 Å². The first-order valence-corrected chi connectivity index (χ1v) is 7.20. The molecule has 0 rings (SSSR count). The van der Waals surface area contributed by atoms with E-state index in [4.69, 9.17) is 15.9 Å². The molecule has 5 nitrogen and oxygen atoms in total. The first-order chi connectivity index (χ1) is 9.11. The van der Waals surface area contributed by atoms with Crippen LogP contribution in [0.4, 0.5) is 0 Å². The highest BCUT2D eigenvalue weighted by Gasteiger charge is 2.09. The maximum absolute atomic E-state index is 11.4. The lowest BCUT2D eigenvalue weighted by molar-refractivity contribution is -0.113. The normalized spacial score (nSPS) is 10.9. The molecule has 0 fully saturated rings. The summed E-state index contributed by atoms with van der Waals surface area (Å²) in [4.78, 5) is 13.7. The molecule has 0 aliphatic carbocycles. The van der Waals surface area contributed by atoms with Gasteiger partial charge in [-0.2, -0.15) is 0 Å². The maximum atomic E-state index is 11.4. The van der Waals surface area contributed by atoms with Gasteiger partial charge >= 0.3 is 0 Å². The van der Waals surface area contributed by atoms with Crippen molar-refractivity contribution in [3.8, 4) is 0 Å². The molecule has 0 atom stereocenters. The molecule has 0 radical (unpaired) electrons. The molecule has 0 spiro atoms. The van der Waals surface area contributed by atoms with Gasteiger partial charge in [-0.1, -0.05) is 13.3 Å². The molecule has 112 valence electrons. The fraction of sp³-hybridized carbons (Fsp3) is 0.857. The van der Waals surface area contributed by atoms with Crippen molar-refractivity contribution in [2.24, 2.45) is 5.73 Å². The van der Waals surface area contributed by atoms with Gasteiger partial charge in [0.2, 0.25) is 0 Å². The van der Waals surface area contributed by atoms with Crippen LogP contribution in [0.3, 0.4) is 0 Å². The summed E-state index contributed by atoms with van der Waals surface area (Å²) in [6.45, 7) is 8.30. The first-order valence-electron chi connectivity index (χ1n) is 7.20. The Kier molecular flexibility index (Phi) is 11.8. The number of ketones is 1. The van der Waals surface area contributed by atoms with E-state index >= 15 is 0 Å². The molecular formula is C14H29N3O2. The van der Waals surface area contributed by atoms with Gasteiger partial charge in [0.25, 0.3) is 0 Å². The van der Waals surface area contributed by atoms with E-state index in [2.05, 4.69) is 11.8 Å². The SMILES string of the molecule is CCCCN(CCCOCCN)CCC(=O)C(C)=N. The van der Waals surface area contributed by atoms with E-state index in [9.17, 15) is 4.79 Å². The largest absolute Gasteiger partial charge is 0.380 e. The molecule has 0 aromatic carbocycles. The Labute approximate surface area is 117 Å². The molecule has 0 saturated heterocycles. The van der Waals surface area contributed by atoms with Gasteiger partial charge in [0.15, 0.2) is 5.78 Å². The van der Waals surface area contributed by atoms with Gasteiger partial charge in [0.1, 0.15) is 0 Å². The third kappa shape index (κ3) is 10.8. The summed E-state index contributed by atoms with van der Waals surface area (Å²) in [7, 11) is 0. The van der Waals surface area contributed by atoms with Gasteiger partial charge in [-0.05, 0) is 26.3 Å². The zero-order chi connectivity index (χ0) is 14.5. The molecule has 3 N–H and O–H groups in total. The van der Waals surface area contributed by atoms with Crippen LogP contribution in [0.5, 0.6) is 0 Å². The minimum atomic E-state index is -0.0547. The van der Waals surface area contributed by atoms with Crippen LogP contribution in [-0.4, -0.2) is 55.8 Å². The molecule has 0 unspecified atom stereocenters. The summed E-state index contributed by atoms with van der Waals surface area (Å²) < 4.78 is 5.35. The average Bonchev–Trinajstić information content (AvgIpc) is 2.40. The molecule has 0 amide bonds. The van der Waals surface area contributed by atoms with Gasteiger partial charge in [0.05, 0.1) is 12.3 Å². The molecule has 0 aromatic heterocycles. The van der Waals surface area contributed by atoms with Gasteiger partial charge in [0, 0.05) is 32.7 Å². The Morgan fingerprint density at radius 1 is 1.21 bits per heavy atom. The van der Waals surface area contributed by atoms with Crippen LogP contribution in [0.25, 0.3) is 0 Å². The van der Waals surface area contributed by atoms with Gasteiger partial charge in [-0.15, -0.1) is 0 Å². The number of Topliss-reactive ketones (excluding diaryl/α,β-unsaturated/α-hetero) is 1. The number of hydrogen-bond acceptors (Lipinski definition) is 5. The van der Waals surface area contributed by atoms with E-state index in [1.807, 2.05) is 0 Å². The first kappa shape index (κ1) is 18.2. The second kappa shape index (κ2) is 12.3. The fourth-order valence-electron chi connectivity index (χ4n) is 1.74. The van der Waals surface area contributed by atoms with Crippen LogP contribution >= 0.6 is 0 Å². The Morgan fingerprint density at radius 3 is 2.47 bits per heavy atom. The lowest BCUT2D eigenvalue weighted by Crippen LogP contribution is -2.30. The van der Waals surface area contributed by atoms with Gasteiger partial charge in [-0.3, -0.25) is 4.79 Å². The molecule has 0 aliphatic heterocycles. The number of ether oxygens (including phenoxy) is 1. The van der Waals surface area contributed by atoms with Crippen molar-refractivity contribution >= 4 is 11.5 Å². The molecule has 0 aromatic rings. The van der Waals surface area contributed by atoms with Crippen molar-refractivity contribution in [2.45, 2.75) is 39.5 Å². The Balaban J connectivity index is 3.87. The summed E-state index contributed by atoms with van der Waals surface area (Å²) in [6.07, 6.45) is 3.70. The molecule has 0 saturated carbocycles. The van der Waals surface area contributed by atoms with E-state index in [1.54, 1.807) is 6.92 Å². The topological polar surface area (TPSA) is 79.4 Å². The quantitative estimate of drug-likeness (QED) is 0.392. The number of nitrogens with zero attached hydrogens (tertiary/aromatic N) is 1. The van der Waals surface area contributed by atoms with E-state index in [1.165, 1.54) is 0 Å². The predicted octanol–water partition coefficient (Wildman–Crippen LogP) is 1.45. The van der Waals surface area contributed by atoms with Crippen molar-refractivity contribution in [3.05, 3.63) is 0 Å². The third-order valence-corrected chi connectivity index (χ3v) is 2.93. The Hall–Kier alpha value is -0.780. The minimum Gasteiger partial charge on any atom is -0.380 e. The van der Waals surface area contributed by atoms with Gasteiger partial charge < -0.3 is 20.8 Å². The Bertz CT molecular complexity index is 257. The number of nitrogens with two attached hydrogens (primary N) is 1. The summed E-state index contributed by atoms with van der Waals surface area (Å²) in [5.41, 5.74) is 5.51. The van der Waals surface area contributed by atoms with Crippen LogP contribution in [-0.2, 0) is 9.53 Å². The van der Waals surface area contributed by atoms with E-state index in [0.29, 0.717) is 19.6 Å². The third-order valence-electron chi connectivity index (χ3n) is 2.93. The number of carbonyl (C=O) groups excluding carboxylic acids is 1. The Morgan fingerprint density at radius 2 is 1.89 bits per heavy atom. The second-order valence-corrected chi connectivity index (χ2v) is 4.75. The lowest BCUT2D eigenvalue weighted by Gasteiger charge is -2.21. The van der Waals surface area contributed by atoms with Crippen molar-refractivity contribution < 1.29 is 9.53 Å². The van der Waals surface area contributed by atoms with Gasteiger partial charge in [-0.25, -0.2) is 0 Å². The smallest absolute Gasteiger partial charge is 0.177 e. The minimum absolute atomic E-state index is 0.0547. The summed E-state index contributed by atoms with van der Waals surface area (Å²) in [5, 5.41) is 7.30. The fourth-order valence-corrected chi connectivity index (χ4v) is 1.74. The summed E-state index contributed by atoms with van der Waals surface area (Å²) >= 11 is 0.